The zero-order valence-corrected chi connectivity index (χ0v) is 11.5. The van der Waals surface area contributed by atoms with Gasteiger partial charge < -0.3 is 4.42 Å². The molecule has 3 aromatic rings. The molecule has 6 heteroatoms. The number of aromatic nitrogens is 1. The fourth-order valence-electron chi connectivity index (χ4n) is 1.98. The highest BCUT2D eigenvalue weighted by Gasteiger charge is 2.14. The second-order valence-corrected chi connectivity index (χ2v) is 5.15. The first-order valence-corrected chi connectivity index (χ1v) is 6.58. The van der Waals surface area contributed by atoms with Crippen molar-refractivity contribution in [2.75, 3.05) is 0 Å². The Morgan fingerprint density at radius 3 is 2.60 bits per heavy atom. The van der Waals surface area contributed by atoms with E-state index in [1.807, 2.05) is 0 Å². The van der Waals surface area contributed by atoms with Crippen LogP contribution in [0.3, 0.4) is 0 Å². The van der Waals surface area contributed by atoms with Crippen molar-refractivity contribution in [3.05, 3.63) is 68.9 Å². The predicted octanol–water partition coefficient (Wildman–Crippen LogP) is 4.24. The topological polar surface area (TPSA) is 46.0 Å². The minimum Gasteiger partial charge on any atom is -0.408 e. The molecule has 0 aliphatic heterocycles. The zero-order chi connectivity index (χ0) is 14.3. The van der Waals surface area contributed by atoms with Crippen molar-refractivity contribution in [2.24, 2.45) is 0 Å². The molecule has 0 spiro atoms. The summed E-state index contributed by atoms with van der Waals surface area (Å²) in [7, 11) is 0. The number of rotatable bonds is 2. The molecule has 0 saturated heterocycles. The molecule has 0 bridgehead atoms. The van der Waals surface area contributed by atoms with Gasteiger partial charge in [-0.3, -0.25) is 4.98 Å². The summed E-state index contributed by atoms with van der Waals surface area (Å²) in [6, 6.07) is 9.45. The van der Waals surface area contributed by atoms with Crippen molar-refractivity contribution >= 4 is 34.3 Å². The predicted molar refractivity (Wildman–Crippen MR) is 75.9 cm³/mol. The molecule has 1 unspecified atom stereocenters. The minimum absolute atomic E-state index is 0.0161. The second kappa shape index (κ2) is 4.96. The summed E-state index contributed by atoms with van der Waals surface area (Å²) in [5.41, 5.74) is 2.41. The smallest absolute Gasteiger partial charge is 0.408 e. The highest BCUT2D eigenvalue weighted by Crippen LogP contribution is 2.32. The quantitative estimate of drug-likeness (QED) is 0.719. The van der Waals surface area contributed by atoms with Crippen LogP contribution in [0.25, 0.3) is 11.1 Å². The van der Waals surface area contributed by atoms with E-state index in [1.54, 1.807) is 24.3 Å². The number of oxazole rings is 1. The summed E-state index contributed by atoms with van der Waals surface area (Å²) < 4.78 is 18.1. The average Bonchev–Trinajstić information content (AvgIpc) is 2.80. The Labute approximate surface area is 122 Å². The lowest BCUT2D eigenvalue weighted by atomic mass is 10.0. The first-order chi connectivity index (χ1) is 9.54. The molecule has 0 radical (unpaired) electrons. The van der Waals surface area contributed by atoms with Crippen LogP contribution in [-0.4, -0.2) is 4.98 Å². The number of halogens is 3. The summed E-state index contributed by atoms with van der Waals surface area (Å²) in [5, 5.41) is -0.500. The monoisotopic (exact) mass is 311 g/mol. The lowest BCUT2D eigenvalue weighted by Crippen LogP contribution is -1.94. The van der Waals surface area contributed by atoms with E-state index in [1.165, 1.54) is 12.1 Å². The maximum atomic E-state index is 13.1. The molecule has 1 heterocycles. The maximum Gasteiger partial charge on any atom is 0.417 e. The Morgan fingerprint density at radius 1 is 1.15 bits per heavy atom. The lowest BCUT2D eigenvalue weighted by molar-refractivity contribution is 0.555. The van der Waals surface area contributed by atoms with Crippen molar-refractivity contribution in [2.45, 2.75) is 5.38 Å². The summed E-state index contributed by atoms with van der Waals surface area (Å²) in [4.78, 5) is 13.7. The molecule has 0 saturated carbocycles. The van der Waals surface area contributed by atoms with Gasteiger partial charge in [0.15, 0.2) is 5.58 Å². The third-order valence-corrected chi connectivity index (χ3v) is 3.77. The maximum absolute atomic E-state index is 13.1. The zero-order valence-electron chi connectivity index (χ0n) is 9.99. The van der Waals surface area contributed by atoms with E-state index in [-0.39, 0.29) is 5.02 Å². The number of alkyl halides is 1. The van der Waals surface area contributed by atoms with E-state index in [9.17, 15) is 9.18 Å². The van der Waals surface area contributed by atoms with Crippen LogP contribution in [0.4, 0.5) is 4.39 Å². The van der Waals surface area contributed by atoms with Crippen molar-refractivity contribution in [1.29, 1.82) is 0 Å². The van der Waals surface area contributed by atoms with Crippen molar-refractivity contribution in [1.82, 2.24) is 4.98 Å². The SMILES string of the molecule is O=c1[nH]c2ccc(C(Cl)c3ccc(F)c(Cl)c3)cc2o1. The molecular formula is C14H8Cl2FNO2. The van der Waals surface area contributed by atoms with Crippen molar-refractivity contribution in [3.8, 4) is 0 Å². The van der Waals surface area contributed by atoms with Crippen LogP contribution in [-0.2, 0) is 0 Å². The molecule has 0 fully saturated rings. The number of benzene rings is 2. The van der Waals surface area contributed by atoms with Crippen molar-refractivity contribution < 1.29 is 8.81 Å². The molecular weight excluding hydrogens is 304 g/mol. The van der Waals surface area contributed by atoms with Gasteiger partial charge in [-0.25, -0.2) is 9.18 Å². The molecule has 0 amide bonds. The third-order valence-electron chi connectivity index (χ3n) is 2.97. The molecule has 1 aromatic heterocycles. The highest BCUT2D eigenvalue weighted by atomic mass is 35.5. The minimum atomic E-state index is -0.520. The van der Waals surface area contributed by atoms with Gasteiger partial charge in [0.05, 0.1) is 15.9 Å². The Kier molecular flexibility index (Phi) is 3.28. The number of hydrogen-bond acceptors (Lipinski definition) is 2. The molecule has 2 aromatic carbocycles. The van der Waals surface area contributed by atoms with Gasteiger partial charge in [0.1, 0.15) is 5.82 Å². The average molecular weight is 312 g/mol. The molecule has 102 valence electrons. The normalized spacial score (nSPS) is 12.8. The molecule has 0 aliphatic carbocycles. The third kappa shape index (κ3) is 2.32. The van der Waals surface area contributed by atoms with Crippen LogP contribution in [0.5, 0.6) is 0 Å². The van der Waals surface area contributed by atoms with Crippen LogP contribution in [0.15, 0.2) is 45.6 Å². The van der Waals surface area contributed by atoms with Gasteiger partial charge in [-0.2, -0.15) is 0 Å². The fourth-order valence-corrected chi connectivity index (χ4v) is 2.44. The van der Waals surface area contributed by atoms with Crippen LogP contribution >= 0.6 is 23.2 Å². The number of H-pyrrole nitrogens is 1. The summed E-state index contributed by atoms with van der Waals surface area (Å²) in [5.74, 6) is -1.01. The lowest BCUT2D eigenvalue weighted by Gasteiger charge is -2.10. The van der Waals surface area contributed by atoms with E-state index in [4.69, 9.17) is 27.6 Å². The Balaban J connectivity index is 2.04. The van der Waals surface area contributed by atoms with Gasteiger partial charge in [0, 0.05) is 0 Å². The van der Waals surface area contributed by atoms with E-state index < -0.39 is 17.0 Å². The Hall–Kier alpha value is -1.78. The summed E-state index contributed by atoms with van der Waals surface area (Å²) >= 11 is 12.1. The number of aromatic amines is 1. The van der Waals surface area contributed by atoms with Gasteiger partial charge in [0.25, 0.3) is 0 Å². The van der Waals surface area contributed by atoms with Crippen LogP contribution in [0, 0.1) is 5.82 Å². The standard InChI is InChI=1S/C14H8Cl2FNO2/c15-9-5-7(1-3-10(9)17)13(16)8-2-4-11-12(6-8)20-14(19)18-11/h1-6,13H,(H,18,19). The molecule has 1 atom stereocenters. The summed E-state index contributed by atoms with van der Waals surface area (Å²) in [6.45, 7) is 0. The first-order valence-electron chi connectivity index (χ1n) is 5.76. The van der Waals surface area contributed by atoms with E-state index in [0.29, 0.717) is 16.7 Å². The largest absolute Gasteiger partial charge is 0.417 e. The van der Waals surface area contributed by atoms with Gasteiger partial charge in [-0.05, 0) is 35.4 Å². The van der Waals surface area contributed by atoms with E-state index >= 15 is 0 Å². The number of hydrogen-bond donors (Lipinski definition) is 1. The Bertz CT molecular complexity index is 841. The van der Waals surface area contributed by atoms with Gasteiger partial charge >= 0.3 is 5.76 Å². The van der Waals surface area contributed by atoms with Gasteiger partial charge in [-0.1, -0.05) is 23.7 Å². The van der Waals surface area contributed by atoms with E-state index in [2.05, 4.69) is 4.98 Å². The fraction of sp³-hybridized carbons (Fsp3) is 0.0714. The molecule has 3 nitrogen and oxygen atoms in total. The van der Waals surface area contributed by atoms with Crippen LogP contribution < -0.4 is 5.76 Å². The van der Waals surface area contributed by atoms with Crippen LogP contribution in [0.2, 0.25) is 5.02 Å². The molecule has 3 rings (SSSR count). The number of nitrogens with one attached hydrogen (secondary N) is 1. The Morgan fingerprint density at radius 2 is 1.85 bits per heavy atom. The molecule has 20 heavy (non-hydrogen) atoms. The highest BCUT2D eigenvalue weighted by molar-refractivity contribution is 6.31. The van der Waals surface area contributed by atoms with Gasteiger partial charge in [-0.15, -0.1) is 11.6 Å². The van der Waals surface area contributed by atoms with E-state index in [0.717, 1.165) is 5.56 Å². The first kappa shape index (κ1) is 13.2. The second-order valence-electron chi connectivity index (χ2n) is 4.31. The molecule has 0 aliphatic rings. The van der Waals surface area contributed by atoms with Crippen LogP contribution in [0.1, 0.15) is 16.5 Å². The summed E-state index contributed by atoms with van der Waals surface area (Å²) in [6.07, 6.45) is 0. The number of fused-ring (bicyclic) bond motifs is 1. The van der Waals surface area contributed by atoms with Crippen molar-refractivity contribution in [3.63, 3.8) is 0 Å². The van der Waals surface area contributed by atoms with Gasteiger partial charge in [0.2, 0.25) is 0 Å². The molecule has 1 N–H and O–H groups in total.